The quantitative estimate of drug-likeness (QED) is 0.763. The van der Waals surface area contributed by atoms with Crippen LogP contribution in [-0.4, -0.2) is 64.4 Å². The van der Waals surface area contributed by atoms with E-state index in [0.717, 1.165) is 11.3 Å². The maximum Gasteiger partial charge on any atom is 0.410 e. The summed E-state index contributed by atoms with van der Waals surface area (Å²) in [4.78, 5) is 35.6. The minimum absolute atomic E-state index is 0.104. The van der Waals surface area contributed by atoms with Crippen LogP contribution < -0.4 is 0 Å². The topological polar surface area (TPSA) is 65.5 Å². The number of aliphatic imine (C=N–C) groups is 1. The van der Waals surface area contributed by atoms with Crippen LogP contribution in [0.3, 0.4) is 0 Å². The smallest absolute Gasteiger partial charge is 0.410 e. The standard InChI is InChI=1S/C20H23ClN4O3/c1-20(2,3)28-19(27)23-11-15-16(12-23)24-9-8-22-18(24)25(17(15)26)10-13-4-6-14(21)7-5-13/h4-7H,8-12H2,1-3H3. The number of nitrogens with zero attached hydrogens (tertiary/aromatic N) is 4. The molecule has 2 amide bonds. The van der Waals surface area contributed by atoms with Crippen LogP contribution in [0.2, 0.25) is 5.02 Å². The van der Waals surface area contributed by atoms with Gasteiger partial charge in [0.1, 0.15) is 5.60 Å². The fourth-order valence-electron chi connectivity index (χ4n) is 3.60. The number of hydrogen-bond donors (Lipinski definition) is 0. The average Bonchev–Trinajstić information content (AvgIpc) is 3.25. The number of carbonyl (C=O) groups is 2. The van der Waals surface area contributed by atoms with E-state index in [0.29, 0.717) is 42.7 Å². The minimum atomic E-state index is -0.578. The Morgan fingerprint density at radius 1 is 1.21 bits per heavy atom. The van der Waals surface area contributed by atoms with Gasteiger partial charge in [0.2, 0.25) is 5.96 Å². The van der Waals surface area contributed by atoms with Crippen molar-refractivity contribution in [2.45, 2.75) is 32.9 Å². The predicted molar refractivity (Wildman–Crippen MR) is 106 cm³/mol. The second kappa shape index (κ2) is 6.81. The molecule has 28 heavy (non-hydrogen) atoms. The lowest BCUT2D eigenvalue weighted by Crippen LogP contribution is -2.49. The Hall–Kier alpha value is -2.54. The highest BCUT2D eigenvalue weighted by molar-refractivity contribution is 6.30. The van der Waals surface area contributed by atoms with Gasteiger partial charge < -0.3 is 9.64 Å². The van der Waals surface area contributed by atoms with E-state index in [9.17, 15) is 9.59 Å². The molecule has 0 radical (unpaired) electrons. The van der Waals surface area contributed by atoms with Crippen LogP contribution >= 0.6 is 11.6 Å². The molecule has 3 aliphatic rings. The van der Waals surface area contributed by atoms with E-state index in [-0.39, 0.29) is 12.5 Å². The lowest BCUT2D eigenvalue weighted by atomic mass is 10.1. The SMILES string of the molecule is CC(C)(C)OC(=O)N1CC2=C(C1)N1CCN=C1N(Cc1ccc(Cl)cc1)C2=O. The van der Waals surface area contributed by atoms with Crippen LogP contribution in [0, 0.1) is 0 Å². The molecule has 148 valence electrons. The number of hydrogen-bond acceptors (Lipinski definition) is 5. The van der Waals surface area contributed by atoms with Crippen LogP contribution in [0.4, 0.5) is 4.79 Å². The van der Waals surface area contributed by atoms with Crippen molar-refractivity contribution in [3.63, 3.8) is 0 Å². The van der Waals surface area contributed by atoms with Crippen molar-refractivity contribution in [3.8, 4) is 0 Å². The van der Waals surface area contributed by atoms with Crippen molar-refractivity contribution in [1.82, 2.24) is 14.7 Å². The number of fused-ring (bicyclic) bond motifs is 2. The Morgan fingerprint density at radius 2 is 1.93 bits per heavy atom. The highest BCUT2D eigenvalue weighted by Crippen LogP contribution is 2.32. The molecule has 1 aromatic rings. The van der Waals surface area contributed by atoms with Gasteiger partial charge in [-0.05, 0) is 38.5 Å². The van der Waals surface area contributed by atoms with Gasteiger partial charge in [0.15, 0.2) is 0 Å². The van der Waals surface area contributed by atoms with Gasteiger partial charge in [-0.15, -0.1) is 0 Å². The Labute approximate surface area is 169 Å². The van der Waals surface area contributed by atoms with Gasteiger partial charge in [-0.2, -0.15) is 0 Å². The number of guanidine groups is 1. The molecular formula is C20H23ClN4O3. The highest BCUT2D eigenvalue weighted by Gasteiger charge is 2.44. The van der Waals surface area contributed by atoms with Crippen molar-refractivity contribution < 1.29 is 14.3 Å². The Balaban J connectivity index is 1.57. The molecule has 3 heterocycles. The molecule has 0 aromatic heterocycles. The maximum absolute atomic E-state index is 13.2. The third-order valence-corrected chi connectivity index (χ3v) is 5.08. The first-order valence-electron chi connectivity index (χ1n) is 9.31. The molecular weight excluding hydrogens is 380 g/mol. The lowest BCUT2D eigenvalue weighted by Gasteiger charge is -2.35. The third kappa shape index (κ3) is 3.46. The number of benzene rings is 1. The molecule has 0 unspecified atom stereocenters. The molecule has 7 nitrogen and oxygen atoms in total. The van der Waals surface area contributed by atoms with Crippen molar-refractivity contribution in [2.24, 2.45) is 4.99 Å². The van der Waals surface area contributed by atoms with E-state index in [1.165, 1.54) is 0 Å². The van der Waals surface area contributed by atoms with E-state index >= 15 is 0 Å². The predicted octanol–water partition coefficient (Wildman–Crippen LogP) is 2.86. The summed E-state index contributed by atoms with van der Waals surface area (Å²) in [5, 5.41) is 0.655. The van der Waals surface area contributed by atoms with Gasteiger partial charge in [-0.3, -0.25) is 19.6 Å². The average molecular weight is 403 g/mol. The van der Waals surface area contributed by atoms with Crippen LogP contribution in [0.25, 0.3) is 0 Å². The fraction of sp³-hybridized carbons (Fsp3) is 0.450. The summed E-state index contributed by atoms with van der Waals surface area (Å²) >= 11 is 5.97. The summed E-state index contributed by atoms with van der Waals surface area (Å²) < 4.78 is 5.48. The Morgan fingerprint density at radius 3 is 2.61 bits per heavy atom. The number of carbonyl (C=O) groups excluding carboxylic acids is 2. The monoisotopic (exact) mass is 402 g/mol. The van der Waals surface area contributed by atoms with Crippen molar-refractivity contribution in [3.05, 3.63) is 46.1 Å². The molecule has 0 spiro atoms. The Bertz CT molecular complexity index is 886. The highest BCUT2D eigenvalue weighted by atomic mass is 35.5. The number of amides is 2. The van der Waals surface area contributed by atoms with Crippen LogP contribution in [-0.2, 0) is 16.1 Å². The van der Waals surface area contributed by atoms with Gasteiger partial charge >= 0.3 is 6.09 Å². The van der Waals surface area contributed by atoms with Crippen LogP contribution in [0.1, 0.15) is 26.3 Å². The molecule has 0 bridgehead atoms. The van der Waals surface area contributed by atoms with Crippen LogP contribution in [0.5, 0.6) is 0 Å². The second-order valence-electron chi connectivity index (χ2n) is 8.11. The van der Waals surface area contributed by atoms with Gasteiger partial charge in [-0.25, -0.2) is 4.79 Å². The first kappa shape index (κ1) is 18.8. The van der Waals surface area contributed by atoms with Crippen molar-refractivity contribution in [2.75, 3.05) is 26.2 Å². The Kier molecular flexibility index (Phi) is 4.57. The zero-order valence-electron chi connectivity index (χ0n) is 16.2. The van der Waals surface area contributed by atoms with Crippen LogP contribution in [0.15, 0.2) is 40.5 Å². The zero-order chi connectivity index (χ0) is 20.1. The van der Waals surface area contributed by atoms with E-state index in [1.54, 1.807) is 9.80 Å². The fourth-order valence-corrected chi connectivity index (χ4v) is 3.73. The largest absolute Gasteiger partial charge is 0.444 e. The first-order chi connectivity index (χ1) is 13.2. The number of rotatable bonds is 2. The molecule has 8 heteroatoms. The lowest BCUT2D eigenvalue weighted by molar-refractivity contribution is -0.124. The maximum atomic E-state index is 13.2. The van der Waals surface area contributed by atoms with Crippen molar-refractivity contribution in [1.29, 1.82) is 0 Å². The molecule has 0 fully saturated rings. The third-order valence-electron chi connectivity index (χ3n) is 4.83. The summed E-state index contributed by atoms with van der Waals surface area (Å²) in [5.74, 6) is 0.553. The molecule has 1 aromatic carbocycles. The van der Waals surface area contributed by atoms with Gasteiger partial charge in [0.25, 0.3) is 5.91 Å². The van der Waals surface area contributed by atoms with E-state index in [2.05, 4.69) is 9.89 Å². The molecule has 0 saturated carbocycles. The minimum Gasteiger partial charge on any atom is -0.444 e. The molecule has 4 rings (SSSR count). The van der Waals surface area contributed by atoms with Crippen molar-refractivity contribution >= 4 is 29.6 Å². The molecule has 0 N–H and O–H groups in total. The molecule has 0 aliphatic carbocycles. The van der Waals surface area contributed by atoms with E-state index in [4.69, 9.17) is 16.3 Å². The van der Waals surface area contributed by atoms with E-state index in [1.807, 2.05) is 45.0 Å². The second-order valence-corrected chi connectivity index (χ2v) is 8.55. The summed E-state index contributed by atoms with van der Waals surface area (Å²) in [5.41, 5.74) is 1.89. The zero-order valence-corrected chi connectivity index (χ0v) is 17.0. The molecule has 0 saturated heterocycles. The first-order valence-corrected chi connectivity index (χ1v) is 9.69. The summed E-state index contributed by atoms with van der Waals surface area (Å²) in [6, 6.07) is 7.43. The summed E-state index contributed by atoms with van der Waals surface area (Å²) in [7, 11) is 0. The summed E-state index contributed by atoms with van der Waals surface area (Å²) in [6.07, 6.45) is -0.406. The van der Waals surface area contributed by atoms with E-state index < -0.39 is 11.7 Å². The number of ether oxygens (including phenoxy) is 1. The summed E-state index contributed by atoms with van der Waals surface area (Å²) in [6.45, 7) is 7.86. The number of halogens is 1. The molecule has 0 atom stereocenters. The normalized spacial score (nSPS) is 19.1. The molecule has 3 aliphatic heterocycles. The van der Waals surface area contributed by atoms with Gasteiger partial charge in [0, 0.05) is 11.6 Å². The van der Waals surface area contributed by atoms with Gasteiger partial charge in [-0.1, -0.05) is 23.7 Å². The van der Waals surface area contributed by atoms with Gasteiger partial charge in [0.05, 0.1) is 37.4 Å².